The van der Waals surface area contributed by atoms with Crippen molar-refractivity contribution in [1.29, 1.82) is 0 Å². The van der Waals surface area contributed by atoms with E-state index < -0.39 is 5.82 Å². The van der Waals surface area contributed by atoms with E-state index in [4.69, 9.17) is 0 Å². The van der Waals surface area contributed by atoms with E-state index in [2.05, 4.69) is 15.3 Å². The largest absolute Gasteiger partial charge is 0.278 e. The molecule has 0 atom stereocenters. The van der Waals surface area contributed by atoms with Gasteiger partial charge in [0.25, 0.3) is 5.56 Å². The van der Waals surface area contributed by atoms with Crippen LogP contribution in [0.3, 0.4) is 0 Å². The maximum Gasteiger partial charge on any atom is 0.278 e. The molecule has 0 aliphatic rings. The Balaban J connectivity index is 2.41. The Morgan fingerprint density at radius 2 is 2.11 bits per heavy atom. The third-order valence-corrected chi connectivity index (χ3v) is 3.58. The smallest absolute Gasteiger partial charge is 0.267 e. The van der Waals surface area contributed by atoms with Crippen LogP contribution in [0.1, 0.15) is 0 Å². The highest BCUT2D eigenvalue weighted by atomic mass is 127. The van der Waals surface area contributed by atoms with Crippen LogP contribution in [-0.2, 0) is 0 Å². The number of nitrogens with zero attached hydrogens (tertiary/aromatic N) is 3. The molecule has 0 saturated heterocycles. The Labute approximate surface area is 114 Å². The fourth-order valence-corrected chi connectivity index (χ4v) is 2.21. The van der Waals surface area contributed by atoms with Crippen molar-refractivity contribution in [2.75, 3.05) is 0 Å². The van der Waals surface area contributed by atoms with Crippen molar-refractivity contribution in [1.82, 2.24) is 19.8 Å². The van der Waals surface area contributed by atoms with Crippen molar-refractivity contribution >= 4 is 28.1 Å². The minimum absolute atomic E-state index is 0.247. The van der Waals surface area contributed by atoms with Gasteiger partial charge in [0.15, 0.2) is 5.82 Å². The molecule has 0 aliphatic carbocycles. The molecule has 2 heterocycles. The molecular weight excluding hydrogens is 350 g/mol. The van der Waals surface area contributed by atoms with Gasteiger partial charge in [0, 0.05) is 0 Å². The van der Waals surface area contributed by atoms with Gasteiger partial charge in [-0.2, -0.15) is 5.10 Å². The minimum atomic E-state index is -0.413. The standard InChI is InChI=1S/C11H6FIN4O/c12-7-4-2-1-3-6(7)10-15-14-5-8-9(13)11(18)16-17(8)10/h1-5H,(H,16,18). The van der Waals surface area contributed by atoms with E-state index >= 15 is 0 Å². The van der Waals surface area contributed by atoms with Crippen molar-refractivity contribution in [3.05, 3.63) is 50.2 Å². The third-order valence-electron chi connectivity index (χ3n) is 2.54. The molecule has 1 N–H and O–H groups in total. The highest BCUT2D eigenvalue weighted by molar-refractivity contribution is 14.1. The molecule has 0 saturated carbocycles. The molecule has 0 aliphatic heterocycles. The molecule has 7 heteroatoms. The van der Waals surface area contributed by atoms with E-state index in [1.807, 2.05) is 22.6 Å². The number of aromatic nitrogens is 4. The molecule has 2 aromatic heterocycles. The number of H-pyrrole nitrogens is 1. The predicted molar refractivity (Wildman–Crippen MR) is 71.7 cm³/mol. The number of benzene rings is 1. The third kappa shape index (κ3) is 1.62. The Hall–Kier alpha value is -1.77. The van der Waals surface area contributed by atoms with Gasteiger partial charge < -0.3 is 0 Å². The molecule has 3 rings (SSSR count). The van der Waals surface area contributed by atoms with Crippen LogP contribution in [0.4, 0.5) is 4.39 Å². The Morgan fingerprint density at radius 3 is 2.89 bits per heavy atom. The maximum absolute atomic E-state index is 13.7. The van der Waals surface area contributed by atoms with E-state index in [1.54, 1.807) is 18.2 Å². The summed E-state index contributed by atoms with van der Waals surface area (Å²) in [5.74, 6) is -0.144. The lowest BCUT2D eigenvalue weighted by Crippen LogP contribution is -2.05. The van der Waals surface area contributed by atoms with Crippen molar-refractivity contribution in [2.24, 2.45) is 0 Å². The number of hydrogen-bond donors (Lipinski definition) is 1. The summed E-state index contributed by atoms with van der Waals surface area (Å²) >= 11 is 1.92. The minimum Gasteiger partial charge on any atom is -0.267 e. The normalized spacial score (nSPS) is 11.0. The van der Waals surface area contributed by atoms with Crippen molar-refractivity contribution < 1.29 is 4.39 Å². The van der Waals surface area contributed by atoms with Crippen LogP contribution in [0.5, 0.6) is 0 Å². The zero-order chi connectivity index (χ0) is 12.7. The summed E-state index contributed by atoms with van der Waals surface area (Å²) in [6.07, 6.45) is 1.46. The molecule has 0 bridgehead atoms. The number of nitrogens with one attached hydrogen (secondary N) is 1. The van der Waals surface area contributed by atoms with Crippen LogP contribution in [0.25, 0.3) is 16.9 Å². The van der Waals surface area contributed by atoms with E-state index in [0.717, 1.165) is 0 Å². The summed E-state index contributed by atoms with van der Waals surface area (Å²) in [5, 5.41) is 10.3. The second-order valence-corrected chi connectivity index (χ2v) is 4.70. The predicted octanol–water partition coefficient (Wildman–Crippen LogP) is 1.83. The molecule has 0 fully saturated rings. The summed E-state index contributed by atoms with van der Waals surface area (Å²) in [6, 6.07) is 6.21. The topological polar surface area (TPSA) is 63.0 Å². The quantitative estimate of drug-likeness (QED) is 0.677. The second kappa shape index (κ2) is 4.16. The summed E-state index contributed by atoms with van der Waals surface area (Å²) < 4.78 is 15.7. The van der Waals surface area contributed by atoms with Crippen LogP contribution < -0.4 is 5.56 Å². The molecule has 0 spiro atoms. The van der Waals surface area contributed by atoms with Gasteiger partial charge in [-0.3, -0.25) is 9.89 Å². The summed E-state index contributed by atoms with van der Waals surface area (Å²) in [5.41, 5.74) is 0.620. The van der Waals surface area contributed by atoms with Crippen molar-refractivity contribution in [3.8, 4) is 11.4 Å². The van der Waals surface area contributed by atoms with E-state index in [0.29, 0.717) is 14.7 Å². The molecular formula is C11H6FIN4O. The first-order valence-corrected chi connectivity index (χ1v) is 6.13. The summed E-state index contributed by atoms with van der Waals surface area (Å²) in [7, 11) is 0. The van der Waals surface area contributed by atoms with E-state index in [-0.39, 0.29) is 11.4 Å². The van der Waals surface area contributed by atoms with Crippen LogP contribution in [0.2, 0.25) is 0 Å². The Morgan fingerprint density at radius 1 is 1.33 bits per heavy atom. The molecule has 0 radical (unpaired) electrons. The number of halogens is 2. The Bertz CT molecular complexity index is 795. The average Bonchev–Trinajstić information content (AvgIpc) is 2.67. The molecule has 18 heavy (non-hydrogen) atoms. The first-order valence-electron chi connectivity index (χ1n) is 5.05. The van der Waals surface area contributed by atoms with Gasteiger partial charge in [0.05, 0.1) is 11.8 Å². The van der Waals surface area contributed by atoms with E-state index in [9.17, 15) is 9.18 Å². The van der Waals surface area contributed by atoms with Gasteiger partial charge in [0.1, 0.15) is 14.9 Å². The lowest BCUT2D eigenvalue weighted by atomic mass is 10.2. The SMILES string of the molecule is O=c1[nH]n2c(-c3ccccc3F)nncc2c1I. The van der Waals surface area contributed by atoms with Crippen LogP contribution in [0, 0.1) is 9.39 Å². The van der Waals surface area contributed by atoms with Gasteiger partial charge >= 0.3 is 0 Å². The first-order chi connectivity index (χ1) is 8.68. The molecule has 5 nitrogen and oxygen atoms in total. The Kier molecular flexibility index (Phi) is 2.62. The maximum atomic E-state index is 13.7. The van der Waals surface area contributed by atoms with Crippen LogP contribution >= 0.6 is 22.6 Å². The molecule has 90 valence electrons. The molecule has 1 aromatic carbocycles. The van der Waals surface area contributed by atoms with Gasteiger partial charge in [-0.15, -0.1) is 5.10 Å². The molecule has 0 unspecified atom stereocenters. The number of fused-ring (bicyclic) bond motifs is 1. The highest BCUT2D eigenvalue weighted by Gasteiger charge is 2.14. The van der Waals surface area contributed by atoms with Gasteiger partial charge in [0.2, 0.25) is 0 Å². The summed E-state index contributed by atoms with van der Waals surface area (Å²) in [4.78, 5) is 11.6. The zero-order valence-electron chi connectivity index (χ0n) is 8.89. The number of hydrogen-bond acceptors (Lipinski definition) is 3. The molecule has 3 aromatic rings. The lowest BCUT2D eigenvalue weighted by molar-refractivity contribution is 0.628. The second-order valence-electron chi connectivity index (χ2n) is 3.62. The van der Waals surface area contributed by atoms with E-state index in [1.165, 1.54) is 16.8 Å². The fourth-order valence-electron chi connectivity index (χ4n) is 1.71. The zero-order valence-corrected chi connectivity index (χ0v) is 11.1. The van der Waals surface area contributed by atoms with Crippen molar-refractivity contribution in [2.45, 2.75) is 0 Å². The average molecular weight is 356 g/mol. The van der Waals surface area contributed by atoms with Crippen LogP contribution in [0.15, 0.2) is 35.3 Å². The lowest BCUT2D eigenvalue weighted by Gasteiger charge is -2.04. The van der Waals surface area contributed by atoms with Gasteiger partial charge in [-0.05, 0) is 34.7 Å². The number of rotatable bonds is 1. The monoisotopic (exact) mass is 356 g/mol. The summed E-state index contributed by atoms with van der Waals surface area (Å²) in [6.45, 7) is 0. The molecule has 0 amide bonds. The van der Waals surface area contributed by atoms with Gasteiger partial charge in [-0.1, -0.05) is 12.1 Å². The fraction of sp³-hybridized carbons (Fsp3) is 0. The van der Waals surface area contributed by atoms with Crippen molar-refractivity contribution in [3.63, 3.8) is 0 Å². The van der Waals surface area contributed by atoms with Crippen LogP contribution in [-0.4, -0.2) is 19.8 Å². The van der Waals surface area contributed by atoms with Gasteiger partial charge in [-0.25, -0.2) is 8.91 Å². The first kappa shape index (κ1) is 11.3. The number of aromatic amines is 1. The highest BCUT2D eigenvalue weighted by Crippen LogP contribution is 2.20.